The maximum atomic E-state index is 10.6. The monoisotopic (exact) mass is 237 g/mol. The lowest BCUT2D eigenvalue weighted by atomic mass is 10.1. The molecule has 0 fully saturated rings. The maximum absolute atomic E-state index is 10.6. The average molecular weight is 237 g/mol. The van der Waals surface area contributed by atoms with Gasteiger partial charge in [0.25, 0.3) is 0 Å². The molecule has 4 heteroatoms. The number of phenols is 1. The number of phenolic OH excluding ortho intramolecular Hbond substituents is 1. The van der Waals surface area contributed by atoms with Crippen molar-refractivity contribution in [3.8, 4) is 5.75 Å². The zero-order valence-electron chi connectivity index (χ0n) is 10.3. The van der Waals surface area contributed by atoms with Crippen LogP contribution in [0.2, 0.25) is 0 Å². The van der Waals surface area contributed by atoms with Gasteiger partial charge in [-0.3, -0.25) is 9.69 Å². The van der Waals surface area contributed by atoms with Gasteiger partial charge in [0.05, 0.1) is 6.42 Å². The van der Waals surface area contributed by atoms with Gasteiger partial charge in [0, 0.05) is 12.6 Å². The van der Waals surface area contributed by atoms with Crippen LogP contribution in [0.3, 0.4) is 0 Å². The van der Waals surface area contributed by atoms with Crippen molar-refractivity contribution in [2.24, 2.45) is 0 Å². The Kier molecular flexibility index (Phi) is 4.97. The second kappa shape index (κ2) is 6.25. The molecule has 1 atom stereocenters. The molecule has 17 heavy (non-hydrogen) atoms. The number of benzene rings is 1. The molecular formula is C13H19NO3. The third kappa shape index (κ3) is 4.07. The third-order valence-corrected chi connectivity index (χ3v) is 2.92. The van der Waals surface area contributed by atoms with Crippen molar-refractivity contribution < 1.29 is 15.0 Å². The van der Waals surface area contributed by atoms with E-state index in [-0.39, 0.29) is 18.2 Å². The van der Waals surface area contributed by atoms with Gasteiger partial charge in [-0.2, -0.15) is 0 Å². The highest BCUT2D eigenvalue weighted by molar-refractivity contribution is 5.66. The summed E-state index contributed by atoms with van der Waals surface area (Å²) in [4.78, 5) is 12.6. The highest BCUT2D eigenvalue weighted by Gasteiger charge is 2.15. The van der Waals surface area contributed by atoms with Crippen LogP contribution in [0.15, 0.2) is 24.3 Å². The Morgan fingerprint density at radius 1 is 1.47 bits per heavy atom. The minimum absolute atomic E-state index is 0.103. The molecule has 0 spiro atoms. The van der Waals surface area contributed by atoms with Crippen LogP contribution in [0, 0.1) is 0 Å². The van der Waals surface area contributed by atoms with Gasteiger partial charge in [-0.1, -0.05) is 19.1 Å². The normalized spacial score (nSPS) is 12.6. The van der Waals surface area contributed by atoms with E-state index in [1.165, 1.54) is 0 Å². The summed E-state index contributed by atoms with van der Waals surface area (Å²) in [7, 11) is 0. The van der Waals surface area contributed by atoms with E-state index in [1.54, 1.807) is 18.2 Å². The van der Waals surface area contributed by atoms with Crippen molar-refractivity contribution in [1.82, 2.24) is 4.90 Å². The molecule has 0 aliphatic rings. The Labute approximate surface area is 101 Å². The molecule has 0 radical (unpaired) electrons. The van der Waals surface area contributed by atoms with Crippen LogP contribution in [-0.2, 0) is 4.79 Å². The molecule has 0 aliphatic carbocycles. The molecule has 0 amide bonds. The van der Waals surface area contributed by atoms with Crippen LogP contribution in [0.25, 0.3) is 0 Å². The lowest BCUT2D eigenvalue weighted by Gasteiger charge is -2.27. The molecule has 4 nitrogen and oxygen atoms in total. The summed E-state index contributed by atoms with van der Waals surface area (Å²) in [5.41, 5.74) is 0.997. The Bertz CT molecular complexity index is 379. The zero-order chi connectivity index (χ0) is 12.8. The molecule has 1 aromatic carbocycles. The van der Waals surface area contributed by atoms with Crippen molar-refractivity contribution in [3.63, 3.8) is 0 Å². The number of carboxylic acid groups (broad SMARTS) is 1. The van der Waals surface area contributed by atoms with Gasteiger partial charge in [-0.15, -0.1) is 0 Å². The highest BCUT2D eigenvalue weighted by atomic mass is 16.4. The van der Waals surface area contributed by atoms with Crippen molar-refractivity contribution in [1.29, 1.82) is 0 Å². The van der Waals surface area contributed by atoms with E-state index in [0.717, 1.165) is 12.1 Å². The minimum atomic E-state index is -0.786. The summed E-state index contributed by atoms with van der Waals surface area (Å²) < 4.78 is 0. The summed E-state index contributed by atoms with van der Waals surface area (Å²) in [6.45, 7) is 5.31. The molecular weight excluding hydrogens is 218 g/mol. The number of aromatic hydroxyl groups is 1. The molecule has 0 saturated heterocycles. The van der Waals surface area contributed by atoms with E-state index in [4.69, 9.17) is 5.11 Å². The van der Waals surface area contributed by atoms with Gasteiger partial charge < -0.3 is 10.2 Å². The predicted molar refractivity (Wildman–Crippen MR) is 66.0 cm³/mol. The van der Waals surface area contributed by atoms with Crippen molar-refractivity contribution in [3.05, 3.63) is 29.8 Å². The second-order valence-corrected chi connectivity index (χ2v) is 4.04. The number of aliphatic carboxylic acids is 1. The lowest BCUT2D eigenvalue weighted by Crippen LogP contribution is -2.29. The first-order valence-corrected chi connectivity index (χ1v) is 5.79. The molecule has 2 N–H and O–H groups in total. The second-order valence-electron chi connectivity index (χ2n) is 4.04. The molecule has 0 bridgehead atoms. The quantitative estimate of drug-likeness (QED) is 0.796. The van der Waals surface area contributed by atoms with Gasteiger partial charge >= 0.3 is 5.97 Å². The Morgan fingerprint density at radius 2 is 2.18 bits per heavy atom. The smallest absolute Gasteiger partial charge is 0.304 e. The highest BCUT2D eigenvalue weighted by Crippen LogP contribution is 2.23. The first-order valence-electron chi connectivity index (χ1n) is 5.79. The van der Waals surface area contributed by atoms with Gasteiger partial charge in [-0.25, -0.2) is 0 Å². The average Bonchev–Trinajstić information content (AvgIpc) is 2.29. The molecule has 1 aromatic rings. The number of nitrogens with zero attached hydrogens (tertiary/aromatic N) is 1. The maximum Gasteiger partial charge on any atom is 0.304 e. The number of hydrogen-bond donors (Lipinski definition) is 2. The topological polar surface area (TPSA) is 60.8 Å². The van der Waals surface area contributed by atoms with Crippen LogP contribution in [0.5, 0.6) is 5.75 Å². The molecule has 0 aliphatic heterocycles. The van der Waals surface area contributed by atoms with Gasteiger partial charge in [0.1, 0.15) is 5.75 Å². The number of hydrogen-bond acceptors (Lipinski definition) is 3. The first kappa shape index (κ1) is 13.5. The van der Waals surface area contributed by atoms with Crippen LogP contribution < -0.4 is 0 Å². The Morgan fingerprint density at radius 3 is 2.71 bits per heavy atom. The fraction of sp³-hybridized carbons (Fsp3) is 0.462. The van der Waals surface area contributed by atoms with E-state index in [0.29, 0.717) is 6.54 Å². The molecule has 0 heterocycles. The summed E-state index contributed by atoms with van der Waals surface area (Å²) in [6.07, 6.45) is 0.136. The summed E-state index contributed by atoms with van der Waals surface area (Å²) in [5.74, 6) is -0.546. The fourth-order valence-electron chi connectivity index (χ4n) is 1.86. The van der Waals surface area contributed by atoms with Crippen LogP contribution in [0.4, 0.5) is 0 Å². The van der Waals surface area contributed by atoms with E-state index < -0.39 is 5.97 Å². The van der Waals surface area contributed by atoms with E-state index >= 15 is 0 Å². The largest absolute Gasteiger partial charge is 0.508 e. The van der Waals surface area contributed by atoms with E-state index in [2.05, 4.69) is 4.90 Å². The zero-order valence-corrected chi connectivity index (χ0v) is 10.3. The fourth-order valence-corrected chi connectivity index (χ4v) is 1.86. The van der Waals surface area contributed by atoms with Gasteiger partial charge in [-0.05, 0) is 31.2 Å². The van der Waals surface area contributed by atoms with Gasteiger partial charge in [0.15, 0.2) is 0 Å². The van der Waals surface area contributed by atoms with Crippen LogP contribution >= 0.6 is 0 Å². The van der Waals surface area contributed by atoms with Crippen LogP contribution in [0.1, 0.15) is 31.9 Å². The molecule has 1 rings (SSSR count). The standard InChI is InChI=1S/C13H19NO3/c1-3-14(8-7-13(16)17)10(2)11-5-4-6-12(15)9-11/h4-6,9-10,15H,3,7-8H2,1-2H3,(H,16,17). The number of carboxylic acids is 1. The Hall–Kier alpha value is -1.55. The summed E-state index contributed by atoms with van der Waals surface area (Å²) >= 11 is 0. The molecule has 0 saturated carbocycles. The minimum Gasteiger partial charge on any atom is -0.508 e. The molecule has 0 aromatic heterocycles. The SMILES string of the molecule is CCN(CCC(=O)O)C(C)c1cccc(O)c1. The summed E-state index contributed by atoms with van der Waals surface area (Å²) in [5, 5.41) is 18.1. The molecule has 1 unspecified atom stereocenters. The predicted octanol–water partition coefficient (Wildman–Crippen LogP) is 2.25. The van der Waals surface area contributed by atoms with Crippen LogP contribution in [-0.4, -0.2) is 34.2 Å². The van der Waals surface area contributed by atoms with Crippen molar-refractivity contribution >= 4 is 5.97 Å². The number of carbonyl (C=O) groups is 1. The number of rotatable bonds is 6. The lowest BCUT2D eigenvalue weighted by molar-refractivity contribution is -0.137. The first-order chi connectivity index (χ1) is 8.04. The van der Waals surface area contributed by atoms with Crippen molar-refractivity contribution in [2.75, 3.05) is 13.1 Å². The van der Waals surface area contributed by atoms with Gasteiger partial charge in [0.2, 0.25) is 0 Å². The van der Waals surface area contributed by atoms with E-state index in [1.807, 2.05) is 19.9 Å². The Balaban J connectivity index is 2.71. The summed E-state index contributed by atoms with van der Waals surface area (Å²) in [6, 6.07) is 7.18. The molecule has 94 valence electrons. The van der Waals surface area contributed by atoms with Crippen molar-refractivity contribution in [2.45, 2.75) is 26.3 Å². The third-order valence-electron chi connectivity index (χ3n) is 2.92. The van der Waals surface area contributed by atoms with E-state index in [9.17, 15) is 9.90 Å².